The van der Waals surface area contributed by atoms with Gasteiger partial charge in [-0.25, -0.2) is 4.39 Å². The zero-order chi connectivity index (χ0) is 19.5. The number of benzene rings is 2. The van der Waals surface area contributed by atoms with Crippen LogP contribution < -0.4 is 14.5 Å². The molecule has 2 heterocycles. The number of anilines is 2. The fourth-order valence-electron chi connectivity index (χ4n) is 3.30. The molecular formula is C20H19FN6O. The number of hydrogen-bond donors (Lipinski definition) is 0. The third kappa shape index (κ3) is 3.34. The van der Waals surface area contributed by atoms with E-state index in [1.54, 1.807) is 25.3 Å². The molecule has 0 saturated carbocycles. The number of aromatic nitrogens is 3. The first-order valence-electron chi connectivity index (χ1n) is 8.96. The standard InChI is InChI=1S/C20H19FN6O/c1-28-16-6-4-5-15(13-16)27-23-18(14-22)20(24-27)26-11-9-25(10-12-26)19-8-3-2-7-17(19)21/h2-8,13H,9-12H2,1H3. The number of halogens is 1. The monoisotopic (exact) mass is 378 g/mol. The SMILES string of the molecule is COc1cccc(-n2nc(C#N)c(N3CCN(c4ccccc4F)CC3)n2)c1. The van der Waals surface area contributed by atoms with Gasteiger partial charge < -0.3 is 14.5 Å². The molecular weight excluding hydrogens is 359 g/mol. The van der Waals surface area contributed by atoms with Gasteiger partial charge in [-0.2, -0.15) is 5.26 Å². The van der Waals surface area contributed by atoms with Crippen LogP contribution in [-0.4, -0.2) is 48.3 Å². The molecule has 28 heavy (non-hydrogen) atoms. The molecule has 7 nitrogen and oxygen atoms in total. The summed E-state index contributed by atoms with van der Waals surface area (Å²) in [6.45, 7) is 2.52. The first-order valence-corrected chi connectivity index (χ1v) is 8.96. The molecule has 0 radical (unpaired) electrons. The molecule has 1 saturated heterocycles. The fourth-order valence-corrected chi connectivity index (χ4v) is 3.30. The van der Waals surface area contributed by atoms with Gasteiger partial charge in [-0.1, -0.05) is 18.2 Å². The summed E-state index contributed by atoms with van der Waals surface area (Å²) in [4.78, 5) is 5.46. The highest BCUT2D eigenvalue weighted by Gasteiger charge is 2.24. The van der Waals surface area contributed by atoms with Gasteiger partial charge in [0.05, 0.1) is 18.5 Å². The maximum Gasteiger partial charge on any atom is 0.207 e. The van der Waals surface area contributed by atoms with Crippen LogP contribution in [-0.2, 0) is 0 Å². The van der Waals surface area contributed by atoms with Crippen LogP contribution in [0.3, 0.4) is 0 Å². The molecule has 0 N–H and O–H groups in total. The molecule has 142 valence electrons. The van der Waals surface area contributed by atoms with Crippen LogP contribution in [0.4, 0.5) is 15.9 Å². The van der Waals surface area contributed by atoms with E-state index in [1.807, 2.05) is 34.1 Å². The Morgan fingerprint density at radius 2 is 1.75 bits per heavy atom. The second kappa shape index (κ2) is 7.56. The van der Waals surface area contributed by atoms with Gasteiger partial charge in [0.15, 0.2) is 5.82 Å². The van der Waals surface area contributed by atoms with Crippen LogP contribution in [0.5, 0.6) is 5.75 Å². The smallest absolute Gasteiger partial charge is 0.207 e. The van der Waals surface area contributed by atoms with Gasteiger partial charge in [0.2, 0.25) is 5.69 Å². The number of methoxy groups -OCH3 is 1. The molecule has 0 bridgehead atoms. The molecule has 0 unspecified atom stereocenters. The van der Waals surface area contributed by atoms with Crippen LogP contribution in [0.1, 0.15) is 5.69 Å². The van der Waals surface area contributed by atoms with Gasteiger partial charge in [0.1, 0.15) is 17.6 Å². The van der Waals surface area contributed by atoms with Crippen molar-refractivity contribution in [1.29, 1.82) is 5.26 Å². The lowest BCUT2D eigenvalue weighted by Crippen LogP contribution is -2.47. The van der Waals surface area contributed by atoms with Gasteiger partial charge in [-0.3, -0.25) is 0 Å². The Kier molecular flexibility index (Phi) is 4.81. The van der Waals surface area contributed by atoms with E-state index in [1.165, 1.54) is 10.9 Å². The van der Waals surface area contributed by atoms with E-state index >= 15 is 0 Å². The van der Waals surface area contributed by atoms with E-state index in [9.17, 15) is 9.65 Å². The molecule has 4 rings (SSSR count). The van der Waals surface area contributed by atoms with Gasteiger partial charge in [-0.15, -0.1) is 15.0 Å². The normalized spacial score (nSPS) is 14.0. The average Bonchev–Trinajstić information content (AvgIpc) is 3.19. The molecule has 1 aromatic heterocycles. The predicted octanol–water partition coefficient (Wildman–Crippen LogP) is 2.61. The minimum atomic E-state index is -0.224. The highest BCUT2D eigenvalue weighted by Crippen LogP contribution is 2.24. The summed E-state index contributed by atoms with van der Waals surface area (Å²) in [6.07, 6.45) is 0. The van der Waals surface area contributed by atoms with Crippen molar-refractivity contribution in [2.45, 2.75) is 0 Å². The van der Waals surface area contributed by atoms with Gasteiger partial charge in [0.25, 0.3) is 0 Å². The van der Waals surface area contributed by atoms with Crippen molar-refractivity contribution < 1.29 is 9.13 Å². The number of piperazine rings is 1. The number of hydrogen-bond acceptors (Lipinski definition) is 6. The summed E-state index contributed by atoms with van der Waals surface area (Å²) < 4.78 is 19.3. The molecule has 8 heteroatoms. The van der Waals surface area contributed by atoms with E-state index in [4.69, 9.17) is 4.74 Å². The topological polar surface area (TPSA) is 70.2 Å². The Morgan fingerprint density at radius 1 is 1.00 bits per heavy atom. The Hall–Kier alpha value is -3.60. The lowest BCUT2D eigenvalue weighted by molar-refractivity contribution is 0.414. The number of nitrogens with zero attached hydrogens (tertiary/aromatic N) is 6. The van der Waals surface area contributed by atoms with Crippen LogP contribution in [0.25, 0.3) is 5.69 Å². The molecule has 0 aliphatic carbocycles. The van der Waals surface area contributed by atoms with Gasteiger partial charge in [-0.05, 0) is 24.3 Å². The van der Waals surface area contributed by atoms with Gasteiger partial charge >= 0.3 is 0 Å². The first-order chi connectivity index (χ1) is 13.7. The average molecular weight is 378 g/mol. The van der Waals surface area contributed by atoms with Crippen LogP contribution >= 0.6 is 0 Å². The summed E-state index contributed by atoms with van der Waals surface area (Å²) in [5, 5.41) is 18.3. The maximum absolute atomic E-state index is 14.0. The number of para-hydroxylation sites is 1. The number of rotatable bonds is 4. The van der Waals surface area contributed by atoms with E-state index in [0.717, 1.165) is 0 Å². The minimum Gasteiger partial charge on any atom is -0.497 e. The zero-order valence-corrected chi connectivity index (χ0v) is 15.4. The molecule has 0 amide bonds. The number of nitriles is 1. The Labute approximate surface area is 162 Å². The molecule has 1 aliphatic heterocycles. The third-order valence-electron chi connectivity index (χ3n) is 4.76. The minimum absolute atomic E-state index is 0.224. The second-order valence-corrected chi connectivity index (χ2v) is 6.40. The quantitative estimate of drug-likeness (QED) is 0.695. The van der Waals surface area contributed by atoms with E-state index < -0.39 is 0 Å². The molecule has 3 aromatic rings. The highest BCUT2D eigenvalue weighted by molar-refractivity contribution is 5.54. The first kappa shape index (κ1) is 17.8. The lowest BCUT2D eigenvalue weighted by Gasteiger charge is -2.36. The third-order valence-corrected chi connectivity index (χ3v) is 4.76. The van der Waals surface area contributed by atoms with Crippen molar-refractivity contribution in [2.75, 3.05) is 43.1 Å². The fraction of sp³-hybridized carbons (Fsp3) is 0.250. The van der Waals surface area contributed by atoms with Crippen LogP contribution in [0.15, 0.2) is 48.5 Å². The van der Waals surface area contributed by atoms with Crippen molar-refractivity contribution in [2.24, 2.45) is 0 Å². The Balaban J connectivity index is 1.55. The summed E-state index contributed by atoms with van der Waals surface area (Å²) in [7, 11) is 1.59. The largest absolute Gasteiger partial charge is 0.497 e. The van der Waals surface area contributed by atoms with Crippen LogP contribution in [0, 0.1) is 17.1 Å². The van der Waals surface area contributed by atoms with Crippen molar-refractivity contribution >= 4 is 11.5 Å². The van der Waals surface area contributed by atoms with E-state index in [-0.39, 0.29) is 11.5 Å². The molecule has 1 fully saturated rings. The second-order valence-electron chi connectivity index (χ2n) is 6.40. The highest BCUT2D eigenvalue weighted by atomic mass is 19.1. The Morgan fingerprint density at radius 3 is 2.46 bits per heavy atom. The summed E-state index contributed by atoms with van der Waals surface area (Å²) in [5.41, 5.74) is 1.58. The Bertz CT molecular complexity index is 1020. The summed E-state index contributed by atoms with van der Waals surface area (Å²) in [6, 6.07) is 16.2. The lowest BCUT2D eigenvalue weighted by atomic mass is 10.2. The van der Waals surface area contributed by atoms with E-state index in [0.29, 0.717) is 49.1 Å². The maximum atomic E-state index is 14.0. The molecule has 0 spiro atoms. The van der Waals surface area contributed by atoms with Crippen molar-refractivity contribution in [3.63, 3.8) is 0 Å². The van der Waals surface area contributed by atoms with Crippen molar-refractivity contribution in [3.05, 3.63) is 60.0 Å². The summed E-state index contributed by atoms with van der Waals surface area (Å²) in [5.74, 6) is 1.00. The van der Waals surface area contributed by atoms with E-state index in [2.05, 4.69) is 16.3 Å². The molecule has 1 aliphatic rings. The van der Waals surface area contributed by atoms with Gasteiger partial charge in [0, 0.05) is 32.2 Å². The number of ether oxygens (including phenoxy) is 1. The summed E-state index contributed by atoms with van der Waals surface area (Å²) >= 11 is 0. The molecule has 0 atom stereocenters. The predicted molar refractivity (Wildman–Crippen MR) is 103 cm³/mol. The molecule has 2 aromatic carbocycles. The van der Waals surface area contributed by atoms with Crippen molar-refractivity contribution in [1.82, 2.24) is 15.0 Å². The zero-order valence-electron chi connectivity index (χ0n) is 15.4. The van der Waals surface area contributed by atoms with Crippen molar-refractivity contribution in [3.8, 4) is 17.5 Å². The van der Waals surface area contributed by atoms with Crippen LogP contribution in [0.2, 0.25) is 0 Å².